The molecule has 1 aromatic heterocycles. The van der Waals surface area contributed by atoms with Crippen molar-refractivity contribution in [3.63, 3.8) is 0 Å². The standard InChI is InChI=1S/C18H19NO2/c1-12-7-8-16-14(9-12)10-17(21-16)18(20)15(11-19)13-5-3-2-4-6-13/h2-10,15,18,20H,11,19H2,1H3. The molecule has 0 fully saturated rings. The Morgan fingerprint density at radius 1 is 1.10 bits per heavy atom. The van der Waals surface area contributed by atoms with Gasteiger partial charge in [0.2, 0.25) is 0 Å². The first-order chi connectivity index (χ1) is 10.2. The minimum absolute atomic E-state index is 0.173. The van der Waals surface area contributed by atoms with Crippen molar-refractivity contribution in [1.29, 1.82) is 0 Å². The molecule has 3 N–H and O–H groups in total. The summed E-state index contributed by atoms with van der Waals surface area (Å²) < 4.78 is 5.78. The van der Waals surface area contributed by atoms with Gasteiger partial charge in [-0.05, 0) is 30.7 Å². The molecule has 3 rings (SSSR count). The Morgan fingerprint density at radius 3 is 2.57 bits per heavy atom. The summed E-state index contributed by atoms with van der Waals surface area (Å²) in [5.74, 6) is 0.391. The van der Waals surface area contributed by atoms with E-state index in [4.69, 9.17) is 10.2 Å². The molecular formula is C18H19NO2. The van der Waals surface area contributed by atoms with E-state index < -0.39 is 6.10 Å². The molecule has 2 aromatic carbocycles. The third-order valence-corrected chi connectivity index (χ3v) is 3.85. The average Bonchev–Trinajstić information content (AvgIpc) is 2.92. The summed E-state index contributed by atoms with van der Waals surface area (Å²) in [7, 11) is 0. The molecule has 0 spiro atoms. The van der Waals surface area contributed by atoms with E-state index in [1.165, 1.54) is 5.56 Å². The summed E-state index contributed by atoms with van der Waals surface area (Å²) in [6, 6.07) is 17.7. The van der Waals surface area contributed by atoms with E-state index in [9.17, 15) is 5.11 Å². The predicted molar refractivity (Wildman–Crippen MR) is 84.1 cm³/mol. The van der Waals surface area contributed by atoms with Crippen LogP contribution in [0, 0.1) is 6.92 Å². The lowest BCUT2D eigenvalue weighted by Crippen LogP contribution is -2.19. The second kappa shape index (κ2) is 5.72. The lowest BCUT2D eigenvalue weighted by atomic mass is 9.92. The Bertz CT molecular complexity index is 733. The first-order valence-corrected chi connectivity index (χ1v) is 7.12. The number of hydrogen-bond acceptors (Lipinski definition) is 3. The topological polar surface area (TPSA) is 59.4 Å². The summed E-state index contributed by atoms with van der Waals surface area (Å²) in [5, 5.41) is 11.6. The zero-order valence-electron chi connectivity index (χ0n) is 12.0. The highest BCUT2D eigenvalue weighted by atomic mass is 16.4. The molecule has 0 saturated carbocycles. The van der Waals surface area contributed by atoms with Gasteiger partial charge < -0.3 is 15.3 Å². The van der Waals surface area contributed by atoms with Gasteiger partial charge in [0.15, 0.2) is 0 Å². The minimum atomic E-state index is -0.745. The molecule has 1 heterocycles. The van der Waals surface area contributed by atoms with Gasteiger partial charge in [-0.15, -0.1) is 0 Å². The zero-order valence-corrected chi connectivity index (χ0v) is 12.0. The Labute approximate surface area is 124 Å². The monoisotopic (exact) mass is 281 g/mol. The molecule has 0 aliphatic carbocycles. The van der Waals surface area contributed by atoms with Crippen molar-refractivity contribution in [3.05, 3.63) is 71.5 Å². The van der Waals surface area contributed by atoms with Crippen molar-refractivity contribution in [2.75, 3.05) is 6.54 Å². The fourth-order valence-electron chi connectivity index (χ4n) is 2.67. The van der Waals surface area contributed by atoms with Crippen LogP contribution < -0.4 is 5.73 Å². The fourth-order valence-corrected chi connectivity index (χ4v) is 2.67. The highest BCUT2D eigenvalue weighted by Crippen LogP contribution is 2.33. The number of aliphatic hydroxyl groups excluding tert-OH is 1. The summed E-state index contributed by atoms with van der Waals surface area (Å²) in [6.45, 7) is 2.40. The van der Waals surface area contributed by atoms with Crippen LogP contribution in [0.2, 0.25) is 0 Å². The molecule has 3 aromatic rings. The van der Waals surface area contributed by atoms with E-state index in [-0.39, 0.29) is 5.92 Å². The van der Waals surface area contributed by atoms with Gasteiger partial charge in [-0.2, -0.15) is 0 Å². The van der Waals surface area contributed by atoms with Crippen molar-refractivity contribution in [1.82, 2.24) is 0 Å². The van der Waals surface area contributed by atoms with Crippen molar-refractivity contribution < 1.29 is 9.52 Å². The van der Waals surface area contributed by atoms with Gasteiger partial charge in [-0.25, -0.2) is 0 Å². The normalized spacial score (nSPS) is 14.2. The van der Waals surface area contributed by atoms with E-state index >= 15 is 0 Å². The van der Waals surface area contributed by atoms with Gasteiger partial charge in [-0.1, -0.05) is 42.0 Å². The molecule has 21 heavy (non-hydrogen) atoms. The van der Waals surface area contributed by atoms with Gasteiger partial charge in [0.25, 0.3) is 0 Å². The lowest BCUT2D eigenvalue weighted by molar-refractivity contribution is 0.124. The third kappa shape index (κ3) is 2.71. The summed E-state index contributed by atoms with van der Waals surface area (Å²) >= 11 is 0. The molecule has 2 unspecified atom stereocenters. The van der Waals surface area contributed by atoms with E-state index in [1.807, 2.05) is 55.5 Å². The quantitative estimate of drug-likeness (QED) is 0.769. The van der Waals surface area contributed by atoms with Crippen LogP contribution in [0.15, 0.2) is 59.0 Å². The number of aryl methyl sites for hydroxylation is 1. The maximum Gasteiger partial charge on any atom is 0.134 e. The van der Waals surface area contributed by atoms with Crippen molar-refractivity contribution in [2.45, 2.75) is 18.9 Å². The number of aliphatic hydroxyl groups is 1. The Balaban J connectivity index is 1.96. The molecule has 0 bridgehead atoms. The zero-order chi connectivity index (χ0) is 14.8. The maximum atomic E-state index is 10.6. The molecule has 108 valence electrons. The van der Waals surface area contributed by atoms with Crippen LogP contribution in [-0.2, 0) is 0 Å². The van der Waals surface area contributed by atoms with Crippen LogP contribution in [-0.4, -0.2) is 11.7 Å². The lowest BCUT2D eigenvalue weighted by Gasteiger charge is -2.20. The first kappa shape index (κ1) is 13.9. The predicted octanol–water partition coefficient (Wildman–Crippen LogP) is 3.52. The number of rotatable bonds is 4. The van der Waals surface area contributed by atoms with E-state index in [2.05, 4.69) is 6.07 Å². The molecular weight excluding hydrogens is 262 g/mol. The fraction of sp³-hybridized carbons (Fsp3) is 0.222. The second-order valence-electron chi connectivity index (χ2n) is 5.39. The summed E-state index contributed by atoms with van der Waals surface area (Å²) in [4.78, 5) is 0. The molecule has 3 nitrogen and oxygen atoms in total. The van der Waals surface area contributed by atoms with Gasteiger partial charge in [0.1, 0.15) is 17.4 Å². The molecule has 3 heteroatoms. The number of benzene rings is 2. The van der Waals surface area contributed by atoms with Crippen LogP contribution in [0.1, 0.15) is 28.9 Å². The van der Waals surface area contributed by atoms with Gasteiger partial charge in [0, 0.05) is 17.8 Å². The Hall–Kier alpha value is -2.10. The van der Waals surface area contributed by atoms with Crippen molar-refractivity contribution in [3.8, 4) is 0 Å². The van der Waals surface area contributed by atoms with Crippen molar-refractivity contribution in [2.24, 2.45) is 5.73 Å². The highest BCUT2D eigenvalue weighted by molar-refractivity contribution is 5.78. The number of nitrogens with two attached hydrogens (primary N) is 1. The van der Waals surface area contributed by atoms with Crippen LogP contribution in [0.3, 0.4) is 0 Å². The van der Waals surface area contributed by atoms with Crippen LogP contribution in [0.4, 0.5) is 0 Å². The van der Waals surface area contributed by atoms with Gasteiger partial charge in [0.05, 0.1) is 0 Å². The molecule has 2 atom stereocenters. The molecule has 0 aliphatic heterocycles. The summed E-state index contributed by atoms with van der Waals surface area (Å²) in [5.41, 5.74) is 8.84. The Kier molecular flexibility index (Phi) is 3.78. The van der Waals surface area contributed by atoms with Crippen LogP contribution >= 0.6 is 0 Å². The van der Waals surface area contributed by atoms with Crippen molar-refractivity contribution >= 4 is 11.0 Å². The molecule has 0 aliphatic rings. The smallest absolute Gasteiger partial charge is 0.134 e. The third-order valence-electron chi connectivity index (χ3n) is 3.85. The van der Waals surface area contributed by atoms with Crippen LogP contribution in [0.25, 0.3) is 11.0 Å². The first-order valence-electron chi connectivity index (χ1n) is 7.12. The van der Waals surface area contributed by atoms with Gasteiger partial charge >= 0.3 is 0 Å². The molecule has 0 amide bonds. The molecule has 0 saturated heterocycles. The minimum Gasteiger partial charge on any atom is -0.458 e. The number of fused-ring (bicyclic) bond motifs is 1. The van der Waals surface area contributed by atoms with E-state index in [0.29, 0.717) is 12.3 Å². The maximum absolute atomic E-state index is 10.6. The Morgan fingerprint density at radius 2 is 1.86 bits per heavy atom. The van der Waals surface area contributed by atoms with E-state index in [0.717, 1.165) is 16.5 Å². The van der Waals surface area contributed by atoms with Gasteiger partial charge in [-0.3, -0.25) is 0 Å². The van der Waals surface area contributed by atoms with Crippen LogP contribution in [0.5, 0.6) is 0 Å². The summed E-state index contributed by atoms with van der Waals surface area (Å²) in [6.07, 6.45) is -0.745. The number of hydrogen-bond donors (Lipinski definition) is 2. The number of furan rings is 1. The molecule has 0 radical (unpaired) electrons. The van der Waals surface area contributed by atoms with E-state index in [1.54, 1.807) is 0 Å². The highest BCUT2D eigenvalue weighted by Gasteiger charge is 2.24. The average molecular weight is 281 g/mol. The SMILES string of the molecule is Cc1ccc2oc(C(O)C(CN)c3ccccc3)cc2c1. The largest absolute Gasteiger partial charge is 0.458 e. The second-order valence-corrected chi connectivity index (χ2v) is 5.39.